The maximum absolute atomic E-state index is 12.6. The van der Waals surface area contributed by atoms with Gasteiger partial charge in [-0.2, -0.15) is 0 Å². The number of rotatable bonds is 7. The Kier molecular flexibility index (Phi) is 8.43. The Bertz CT molecular complexity index is 1180. The summed E-state index contributed by atoms with van der Waals surface area (Å²) in [6.07, 6.45) is 0. The number of aryl methyl sites for hydroxylation is 1. The number of carboxylic acid groups (broad SMARTS) is 1. The Morgan fingerprint density at radius 2 is 2.03 bits per heavy atom. The van der Waals surface area contributed by atoms with Gasteiger partial charge >= 0.3 is 5.97 Å². The van der Waals surface area contributed by atoms with Gasteiger partial charge < -0.3 is 19.6 Å². The fraction of sp³-hybridized carbons (Fsp3) is 0.350. The van der Waals surface area contributed by atoms with Crippen molar-refractivity contribution in [3.8, 4) is 5.75 Å². The van der Waals surface area contributed by atoms with Crippen LogP contribution in [0.3, 0.4) is 0 Å². The number of morpholine rings is 1. The Balaban J connectivity index is 0.00000306. The van der Waals surface area contributed by atoms with E-state index in [1.807, 2.05) is 0 Å². The molecule has 13 heteroatoms. The number of aromatic nitrogens is 2. The molecule has 0 radical (unpaired) electrons. The van der Waals surface area contributed by atoms with Crippen LogP contribution in [0.1, 0.15) is 26.5 Å². The highest BCUT2D eigenvalue weighted by Crippen LogP contribution is 2.35. The number of nitrogens with one attached hydrogen (secondary N) is 2. The van der Waals surface area contributed by atoms with E-state index in [1.54, 1.807) is 6.92 Å². The summed E-state index contributed by atoms with van der Waals surface area (Å²) in [5.74, 6) is -1.23. The molecule has 0 spiro atoms. The lowest BCUT2D eigenvalue weighted by Crippen LogP contribution is -2.38. The van der Waals surface area contributed by atoms with Crippen molar-refractivity contribution in [3.63, 3.8) is 0 Å². The zero-order valence-electron chi connectivity index (χ0n) is 17.4. The number of anilines is 1. The molecule has 33 heavy (non-hydrogen) atoms. The molecule has 1 aromatic carbocycles. The number of amides is 1. The molecule has 178 valence electrons. The first-order valence-corrected chi connectivity index (χ1v) is 11.4. The number of aromatic amines is 1. The lowest BCUT2D eigenvalue weighted by molar-refractivity contribution is 0.0323. The van der Waals surface area contributed by atoms with Gasteiger partial charge in [0.2, 0.25) is 0 Å². The molecular weight excluding hydrogens is 515 g/mol. The minimum absolute atomic E-state index is 0. The molecule has 3 heterocycles. The molecular formula is C20H21Cl3N4O5S. The molecule has 2 aromatic heterocycles. The zero-order chi connectivity index (χ0) is 22.8. The Labute approximate surface area is 209 Å². The molecule has 9 nitrogen and oxygen atoms in total. The second-order valence-corrected chi connectivity index (χ2v) is 8.94. The maximum atomic E-state index is 12.6. The smallest absolute Gasteiger partial charge is 0.335 e. The standard InChI is InChI=1S/C20H20Cl2N4O5S.ClH/c1-10-14(21)15(22)17(23-10)18(27)25-20-24-16-12(8-11(19(28)29)9-13(16)32-20)31-7-4-26-2-5-30-6-3-26;/h8-9,23H,2-7H2,1H3,(H,28,29)(H,24,25,27);1H. The SMILES string of the molecule is Cc1[nH]c(C(=O)Nc2nc3c(OCCN4CCOCC4)cc(C(=O)O)cc3s2)c(Cl)c1Cl.Cl. The molecule has 0 bridgehead atoms. The number of benzene rings is 1. The van der Waals surface area contributed by atoms with Gasteiger partial charge in [0.05, 0.1) is 33.5 Å². The van der Waals surface area contributed by atoms with Crippen LogP contribution in [0.25, 0.3) is 10.2 Å². The number of nitrogens with zero attached hydrogens (tertiary/aromatic N) is 2. The highest BCUT2D eigenvalue weighted by Gasteiger charge is 2.21. The van der Waals surface area contributed by atoms with Gasteiger partial charge in [-0.3, -0.25) is 15.0 Å². The minimum Gasteiger partial charge on any atom is -0.490 e. The molecule has 4 rings (SSSR count). The van der Waals surface area contributed by atoms with Gasteiger partial charge in [-0.1, -0.05) is 34.5 Å². The third kappa shape index (κ3) is 5.71. The molecule has 1 fully saturated rings. The van der Waals surface area contributed by atoms with Crippen LogP contribution in [0.5, 0.6) is 5.75 Å². The van der Waals surface area contributed by atoms with E-state index in [9.17, 15) is 14.7 Å². The van der Waals surface area contributed by atoms with Crippen LogP contribution in [0.4, 0.5) is 5.13 Å². The van der Waals surface area contributed by atoms with E-state index in [2.05, 4.69) is 20.2 Å². The van der Waals surface area contributed by atoms with Gasteiger partial charge in [-0.25, -0.2) is 9.78 Å². The minimum atomic E-state index is -1.08. The molecule has 1 aliphatic heterocycles. The van der Waals surface area contributed by atoms with Crippen LogP contribution in [0, 0.1) is 6.92 Å². The van der Waals surface area contributed by atoms with Gasteiger partial charge in [-0.05, 0) is 19.1 Å². The number of carbonyl (C=O) groups excluding carboxylic acids is 1. The molecule has 3 aromatic rings. The van der Waals surface area contributed by atoms with Gasteiger partial charge in [0.15, 0.2) is 5.13 Å². The summed E-state index contributed by atoms with van der Waals surface area (Å²) in [6.45, 7) is 5.77. The second kappa shape index (κ2) is 10.9. The van der Waals surface area contributed by atoms with Gasteiger partial charge in [0.1, 0.15) is 23.6 Å². The van der Waals surface area contributed by atoms with Crippen molar-refractivity contribution in [1.82, 2.24) is 14.9 Å². The predicted octanol–water partition coefficient (Wildman–Crippen LogP) is 4.32. The van der Waals surface area contributed by atoms with E-state index >= 15 is 0 Å². The van der Waals surface area contributed by atoms with E-state index in [4.69, 9.17) is 32.7 Å². The van der Waals surface area contributed by atoms with E-state index < -0.39 is 11.9 Å². The highest BCUT2D eigenvalue weighted by atomic mass is 35.5. The number of carboxylic acids is 1. The summed E-state index contributed by atoms with van der Waals surface area (Å²) >= 11 is 13.3. The van der Waals surface area contributed by atoms with Crippen molar-refractivity contribution in [1.29, 1.82) is 0 Å². The van der Waals surface area contributed by atoms with Crippen molar-refractivity contribution in [2.45, 2.75) is 6.92 Å². The number of halogens is 3. The topological polar surface area (TPSA) is 117 Å². The molecule has 3 N–H and O–H groups in total. The van der Waals surface area contributed by atoms with Crippen LogP contribution >= 0.6 is 46.9 Å². The normalized spacial score (nSPS) is 14.2. The second-order valence-electron chi connectivity index (χ2n) is 7.15. The fourth-order valence-electron chi connectivity index (χ4n) is 3.28. The Morgan fingerprint density at radius 3 is 2.67 bits per heavy atom. The van der Waals surface area contributed by atoms with Crippen molar-refractivity contribution < 1.29 is 24.2 Å². The van der Waals surface area contributed by atoms with E-state index in [-0.39, 0.29) is 38.8 Å². The third-order valence-corrected chi connectivity index (χ3v) is 6.84. The number of ether oxygens (including phenoxy) is 2. The zero-order valence-corrected chi connectivity index (χ0v) is 20.6. The summed E-state index contributed by atoms with van der Waals surface area (Å²) in [5.41, 5.74) is 1.26. The average molecular weight is 536 g/mol. The highest BCUT2D eigenvalue weighted by molar-refractivity contribution is 7.22. The largest absolute Gasteiger partial charge is 0.490 e. The van der Waals surface area contributed by atoms with Crippen LogP contribution in [0.2, 0.25) is 10.0 Å². The molecule has 0 atom stereocenters. The van der Waals surface area contributed by atoms with Crippen LogP contribution in [0.15, 0.2) is 12.1 Å². The molecule has 0 aliphatic carbocycles. The van der Waals surface area contributed by atoms with E-state index in [1.165, 1.54) is 12.1 Å². The summed E-state index contributed by atoms with van der Waals surface area (Å²) in [4.78, 5) is 33.7. The molecule has 1 aliphatic rings. The molecule has 1 saturated heterocycles. The van der Waals surface area contributed by atoms with Crippen LogP contribution in [-0.2, 0) is 4.74 Å². The lowest BCUT2D eigenvalue weighted by atomic mass is 10.2. The number of H-pyrrole nitrogens is 1. The predicted molar refractivity (Wildman–Crippen MR) is 130 cm³/mol. The maximum Gasteiger partial charge on any atom is 0.335 e. The fourth-order valence-corrected chi connectivity index (χ4v) is 4.62. The number of hydrogen-bond acceptors (Lipinski definition) is 7. The first-order chi connectivity index (χ1) is 15.3. The Hall–Kier alpha value is -2.08. The lowest BCUT2D eigenvalue weighted by Gasteiger charge is -2.26. The summed E-state index contributed by atoms with van der Waals surface area (Å²) in [7, 11) is 0. The summed E-state index contributed by atoms with van der Waals surface area (Å²) in [5, 5.41) is 12.8. The monoisotopic (exact) mass is 534 g/mol. The van der Waals surface area contributed by atoms with E-state index in [0.717, 1.165) is 24.4 Å². The average Bonchev–Trinajstić information content (AvgIpc) is 3.29. The number of thiazole rings is 1. The summed E-state index contributed by atoms with van der Waals surface area (Å²) < 4.78 is 11.8. The van der Waals surface area contributed by atoms with Gasteiger partial charge in [-0.15, -0.1) is 12.4 Å². The molecule has 0 unspecified atom stereocenters. The van der Waals surface area contributed by atoms with Crippen LogP contribution < -0.4 is 10.1 Å². The quantitative estimate of drug-likeness (QED) is 0.412. The van der Waals surface area contributed by atoms with Gasteiger partial charge in [0.25, 0.3) is 5.91 Å². The number of aromatic carboxylic acids is 1. The van der Waals surface area contributed by atoms with Crippen LogP contribution in [-0.4, -0.2) is 71.3 Å². The number of hydrogen-bond donors (Lipinski definition) is 3. The number of carbonyl (C=O) groups is 2. The first-order valence-electron chi connectivity index (χ1n) is 9.79. The first kappa shape index (κ1) is 25.5. The van der Waals surface area contributed by atoms with Gasteiger partial charge in [0, 0.05) is 25.3 Å². The van der Waals surface area contributed by atoms with Crippen molar-refractivity contribution in [2.24, 2.45) is 0 Å². The molecule has 1 amide bonds. The number of fused-ring (bicyclic) bond motifs is 1. The van der Waals surface area contributed by atoms with Crippen molar-refractivity contribution in [3.05, 3.63) is 39.1 Å². The Morgan fingerprint density at radius 1 is 1.30 bits per heavy atom. The van der Waals surface area contributed by atoms with Crippen molar-refractivity contribution >= 4 is 74.2 Å². The molecule has 0 saturated carbocycles. The van der Waals surface area contributed by atoms with E-state index in [0.29, 0.717) is 48.0 Å². The third-order valence-electron chi connectivity index (χ3n) is 4.98. The van der Waals surface area contributed by atoms with Crippen molar-refractivity contribution in [2.75, 3.05) is 44.8 Å². The summed E-state index contributed by atoms with van der Waals surface area (Å²) in [6, 6.07) is 2.95.